The van der Waals surface area contributed by atoms with Crippen molar-refractivity contribution in [2.75, 3.05) is 26.7 Å². The Morgan fingerprint density at radius 2 is 2.26 bits per heavy atom. The van der Waals surface area contributed by atoms with E-state index in [2.05, 4.69) is 55.7 Å². The van der Waals surface area contributed by atoms with Crippen LogP contribution in [-0.4, -0.2) is 42.5 Å². The molecule has 1 aromatic heterocycles. The van der Waals surface area contributed by atoms with Crippen LogP contribution in [-0.2, 0) is 0 Å². The average Bonchev–Trinajstić information content (AvgIpc) is 2.55. The number of aromatic nitrogens is 1. The summed E-state index contributed by atoms with van der Waals surface area (Å²) in [5.41, 5.74) is 1.26. The number of nitrogens with one attached hydrogen (secondary N) is 1. The minimum Gasteiger partial charge on any atom is -0.357 e. The fourth-order valence-electron chi connectivity index (χ4n) is 2.53. The van der Waals surface area contributed by atoms with Crippen molar-refractivity contribution in [1.82, 2.24) is 15.2 Å². The minimum absolute atomic E-state index is 0.388. The highest BCUT2D eigenvalue weighted by Gasteiger charge is 2.16. The molecule has 4 heteroatoms. The third-order valence-electron chi connectivity index (χ3n) is 3.95. The van der Waals surface area contributed by atoms with Crippen LogP contribution >= 0.6 is 0 Å². The zero-order valence-corrected chi connectivity index (χ0v) is 15.1. The fraction of sp³-hybridized carbons (Fsp3) is 0.579. The van der Waals surface area contributed by atoms with Crippen molar-refractivity contribution >= 4 is 5.96 Å². The molecule has 0 saturated heterocycles. The lowest BCUT2D eigenvalue weighted by Gasteiger charge is -2.24. The standard InChI is InChI=1S/C19H32N4/c1-6-8-9-13-23(5)19(21-7-2)22-15-18(16(3)4)17-11-10-12-20-14-17/h6,10-12,14,16,18H,1,7-9,13,15H2,2-5H3,(H,21,22). The topological polar surface area (TPSA) is 40.5 Å². The van der Waals surface area contributed by atoms with Crippen molar-refractivity contribution in [2.45, 2.75) is 39.5 Å². The quantitative estimate of drug-likeness (QED) is 0.327. The molecule has 1 aromatic rings. The highest BCUT2D eigenvalue weighted by atomic mass is 15.3. The second-order valence-electron chi connectivity index (χ2n) is 6.18. The van der Waals surface area contributed by atoms with Gasteiger partial charge in [0.2, 0.25) is 0 Å². The van der Waals surface area contributed by atoms with Crippen LogP contribution in [0.25, 0.3) is 0 Å². The molecule has 0 bridgehead atoms. The molecule has 0 spiro atoms. The first-order chi connectivity index (χ1) is 11.1. The van der Waals surface area contributed by atoms with Gasteiger partial charge in [-0.1, -0.05) is 26.0 Å². The molecule has 0 aliphatic carbocycles. The van der Waals surface area contributed by atoms with E-state index >= 15 is 0 Å². The van der Waals surface area contributed by atoms with Gasteiger partial charge in [0.15, 0.2) is 5.96 Å². The Morgan fingerprint density at radius 1 is 1.48 bits per heavy atom. The van der Waals surface area contributed by atoms with E-state index in [1.807, 2.05) is 24.5 Å². The largest absolute Gasteiger partial charge is 0.357 e. The van der Waals surface area contributed by atoms with E-state index < -0.39 is 0 Å². The molecule has 0 saturated carbocycles. The molecule has 0 radical (unpaired) electrons. The minimum atomic E-state index is 0.388. The third kappa shape index (κ3) is 6.85. The summed E-state index contributed by atoms with van der Waals surface area (Å²) in [5, 5.41) is 3.39. The number of aliphatic imine (C=N–C) groups is 1. The van der Waals surface area contributed by atoms with Crippen LogP contribution in [0.2, 0.25) is 0 Å². The van der Waals surface area contributed by atoms with Crippen molar-refractivity contribution in [3.05, 3.63) is 42.7 Å². The van der Waals surface area contributed by atoms with Crippen LogP contribution in [0.1, 0.15) is 45.1 Å². The maximum absolute atomic E-state index is 4.87. The highest BCUT2D eigenvalue weighted by Crippen LogP contribution is 2.24. The lowest BCUT2D eigenvalue weighted by molar-refractivity contribution is 0.460. The van der Waals surface area contributed by atoms with Crippen LogP contribution in [0.3, 0.4) is 0 Å². The highest BCUT2D eigenvalue weighted by molar-refractivity contribution is 5.79. The number of unbranched alkanes of at least 4 members (excludes halogenated alkanes) is 1. The first kappa shape index (κ1) is 19.2. The Kier molecular flexibility index (Phi) is 9.03. The van der Waals surface area contributed by atoms with E-state index in [0.29, 0.717) is 11.8 Å². The SMILES string of the molecule is C=CCCCN(C)C(=NCC(c1cccnc1)C(C)C)NCC. The number of rotatable bonds is 9. The Bertz CT molecular complexity index is 468. The van der Waals surface area contributed by atoms with Crippen LogP contribution in [0.15, 0.2) is 42.2 Å². The van der Waals surface area contributed by atoms with Gasteiger partial charge in [0.25, 0.3) is 0 Å². The van der Waals surface area contributed by atoms with Crippen molar-refractivity contribution in [3.8, 4) is 0 Å². The molecule has 0 aliphatic rings. The van der Waals surface area contributed by atoms with Crippen LogP contribution in [0.5, 0.6) is 0 Å². The molecule has 1 rings (SSSR count). The zero-order valence-electron chi connectivity index (χ0n) is 15.1. The number of allylic oxidation sites excluding steroid dienone is 1. The number of nitrogens with zero attached hydrogens (tertiary/aromatic N) is 3. The van der Waals surface area contributed by atoms with Gasteiger partial charge >= 0.3 is 0 Å². The summed E-state index contributed by atoms with van der Waals surface area (Å²) in [6.07, 6.45) is 7.88. The Labute approximate surface area is 141 Å². The van der Waals surface area contributed by atoms with E-state index in [-0.39, 0.29) is 0 Å². The van der Waals surface area contributed by atoms with E-state index in [0.717, 1.165) is 38.4 Å². The van der Waals surface area contributed by atoms with Gasteiger partial charge in [-0.2, -0.15) is 0 Å². The van der Waals surface area contributed by atoms with E-state index in [9.17, 15) is 0 Å². The lowest BCUT2D eigenvalue weighted by atomic mass is 9.89. The molecular formula is C19H32N4. The predicted octanol–water partition coefficient (Wildman–Crippen LogP) is 3.68. The normalized spacial score (nSPS) is 13.0. The van der Waals surface area contributed by atoms with Gasteiger partial charge in [-0.05, 0) is 37.3 Å². The van der Waals surface area contributed by atoms with Gasteiger partial charge in [0.05, 0.1) is 0 Å². The van der Waals surface area contributed by atoms with Crippen molar-refractivity contribution in [3.63, 3.8) is 0 Å². The van der Waals surface area contributed by atoms with Gasteiger partial charge < -0.3 is 10.2 Å². The smallest absolute Gasteiger partial charge is 0.193 e. The summed E-state index contributed by atoms with van der Waals surface area (Å²) in [4.78, 5) is 11.3. The maximum Gasteiger partial charge on any atom is 0.193 e. The average molecular weight is 316 g/mol. The van der Waals surface area contributed by atoms with Crippen LogP contribution < -0.4 is 5.32 Å². The molecule has 4 nitrogen and oxygen atoms in total. The first-order valence-corrected chi connectivity index (χ1v) is 8.60. The number of guanidine groups is 1. The van der Waals surface area contributed by atoms with Crippen molar-refractivity contribution < 1.29 is 0 Å². The lowest BCUT2D eigenvalue weighted by Crippen LogP contribution is -2.39. The Balaban J connectivity index is 2.78. The molecule has 0 aliphatic heterocycles. The summed E-state index contributed by atoms with van der Waals surface area (Å²) in [7, 11) is 2.10. The van der Waals surface area contributed by atoms with Gasteiger partial charge in [-0.25, -0.2) is 0 Å². The van der Waals surface area contributed by atoms with Crippen LogP contribution in [0, 0.1) is 5.92 Å². The van der Waals surface area contributed by atoms with Gasteiger partial charge in [-0.15, -0.1) is 6.58 Å². The number of hydrogen-bond acceptors (Lipinski definition) is 2. The molecule has 0 fully saturated rings. The molecule has 128 valence electrons. The number of hydrogen-bond donors (Lipinski definition) is 1. The van der Waals surface area contributed by atoms with Gasteiger partial charge in [0.1, 0.15) is 0 Å². The third-order valence-corrected chi connectivity index (χ3v) is 3.95. The predicted molar refractivity (Wildman–Crippen MR) is 99.9 cm³/mol. The second-order valence-corrected chi connectivity index (χ2v) is 6.18. The molecule has 1 heterocycles. The molecule has 0 amide bonds. The molecular weight excluding hydrogens is 284 g/mol. The summed E-state index contributed by atoms with van der Waals surface area (Å²) < 4.78 is 0. The first-order valence-electron chi connectivity index (χ1n) is 8.60. The summed E-state index contributed by atoms with van der Waals surface area (Å²) in [5.74, 6) is 1.89. The summed E-state index contributed by atoms with van der Waals surface area (Å²) in [6.45, 7) is 13.0. The molecule has 23 heavy (non-hydrogen) atoms. The van der Waals surface area contributed by atoms with Gasteiger partial charge in [0, 0.05) is 45.0 Å². The molecule has 1 N–H and O–H groups in total. The van der Waals surface area contributed by atoms with E-state index in [4.69, 9.17) is 4.99 Å². The Morgan fingerprint density at radius 3 is 2.83 bits per heavy atom. The molecule has 1 unspecified atom stereocenters. The van der Waals surface area contributed by atoms with Crippen LogP contribution in [0.4, 0.5) is 0 Å². The summed E-state index contributed by atoms with van der Waals surface area (Å²) >= 11 is 0. The monoisotopic (exact) mass is 316 g/mol. The maximum atomic E-state index is 4.87. The van der Waals surface area contributed by atoms with E-state index in [1.54, 1.807) is 0 Å². The van der Waals surface area contributed by atoms with Crippen molar-refractivity contribution in [2.24, 2.45) is 10.9 Å². The Hall–Kier alpha value is -1.84. The molecule has 0 aromatic carbocycles. The zero-order chi connectivity index (χ0) is 17.1. The van der Waals surface area contributed by atoms with Gasteiger partial charge in [-0.3, -0.25) is 9.98 Å². The number of pyridine rings is 1. The van der Waals surface area contributed by atoms with Crippen molar-refractivity contribution in [1.29, 1.82) is 0 Å². The summed E-state index contributed by atoms with van der Waals surface area (Å²) in [6, 6.07) is 4.15. The van der Waals surface area contributed by atoms with E-state index in [1.165, 1.54) is 5.56 Å². The fourth-order valence-corrected chi connectivity index (χ4v) is 2.53. The second kappa shape index (κ2) is 10.8. The molecule has 1 atom stereocenters.